The van der Waals surface area contributed by atoms with E-state index < -0.39 is 5.97 Å². The Kier molecular flexibility index (Phi) is 6.75. The highest BCUT2D eigenvalue weighted by Gasteiger charge is 2.34. The summed E-state index contributed by atoms with van der Waals surface area (Å²) in [7, 11) is 0. The number of nitrogens with one attached hydrogen (secondary N) is 1. The highest BCUT2D eigenvalue weighted by molar-refractivity contribution is 5.82. The number of aliphatic carboxylic acids is 1. The fourth-order valence-corrected chi connectivity index (χ4v) is 5.83. The molecule has 34 heavy (non-hydrogen) atoms. The molecule has 5 heteroatoms. The smallest absolute Gasteiger partial charge is 0.303 e. The summed E-state index contributed by atoms with van der Waals surface area (Å²) in [6.45, 7) is 13.6. The van der Waals surface area contributed by atoms with E-state index in [1.54, 1.807) is 0 Å². The van der Waals surface area contributed by atoms with E-state index in [-0.39, 0.29) is 11.8 Å². The minimum atomic E-state index is -0.768. The van der Waals surface area contributed by atoms with Crippen LogP contribution in [0.15, 0.2) is 36.4 Å². The van der Waals surface area contributed by atoms with Gasteiger partial charge in [0.05, 0.1) is 11.0 Å². The lowest BCUT2D eigenvalue weighted by Gasteiger charge is -2.40. The average molecular weight is 462 g/mol. The van der Waals surface area contributed by atoms with Gasteiger partial charge < -0.3 is 15.0 Å². The molecule has 0 spiro atoms. The number of hydrogen-bond donors (Lipinski definition) is 2. The van der Waals surface area contributed by atoms with Gasteiger partial charge in [-0.2, -0.15) is 0 Å². The third kappa shape index (κ3) is 5.29. The predicted molar refractivity (Wildman–Crippen MR) is 140 cm³/mol. The van der Waals surface area contributed by atoms with Crippen molar-refractivity contribution in [1.82, 2.24) is 9.55 Å². The molecule has 1 aliphatic carbocycles. The number of aromatic nitrogens is 2. The summed E-state index contributed by atoms with van der Waals surface area (Å²) in [5, 5.41) is 12.8. The van der Waals surface area contributed by atoms with E-state index in [4.69, 9.17) is 10.1 Å². The first kappa shape index (κ1) is 24.3. The van der Waals surface area contributed by atoms with Crippen molar-refractivity contribution < 1.29 is 9.90 Å². The number of anilines is 2. The Bertz CT molecular complexity index is 1170. The molecule has 0 unspecified atom stereocenters. The molecular weight excluding hydrogens is 422 g/mol. The SMILES string of the molecule is Cc1cc2c(cc1CCC(=O)O)nc(Nc1ccc(C(C)C)cc1)n2[C@@H]1C[C@@H](C)CC(C)(C)C1. The number of aryl methyl sites for hydroxylation is 2. The second-order valence-corrected chi connectivity index (χ2v) is 11.4. The lowest BCUT2D eigenvalue weighted by molar-refractivity contribution is -0.136. The highest BCUT2D eigenvalue weighted by atomic mass is 16.4. The van der Waals surface area contributed by atoms with E-state index in [0.717, 1.165) is 46.6 Å². The molecule has 3 aromatic rings. The number of benzene rings is 2. The summed E-state index contributed by atoms with van der Waals surface area (Å²) in [5.41, 5.74) is 6.89. The molecule has 182 valence electrons. The standard InChI is InChI=1S/C29H39N3O2/c1-18(2)21-7-10-23(11-8-21)30-28-31-25-15-22(9-12-27(33)34)20(4)14-26(25)32(28)24-13-19(3)16-29(5,6)17-24/h7-8,10-11,14-15,18-19,24H,9,12-13,16-17H2,1-6H3,(H,30,31)(H,33,34)/t19-,24-/m1/s1. The van der Waals surface area contributed by atoms with Gasteiger partial charge in [0.25, 0.3) is 0 Å². The highest BCUT2D eigenvalue weighted by Crippen LogP contribution is 2.46. The van der Waals surface area contributed by atoms with Crippen molar-refractivity contribution >= 4 is 28.6 Å². The van der Waals surface area contributed by atoms with Crippen LogP contribution < -0.4 is 5.32 Å². The van der Waals surface area contributed by atoms with Crippen LogP contribution in [0.1, 0.15) is 89.0 Å². The Labute approximate surface area is 203 Å². The van der Waals surface area contributed by atoms with Crippen LogP contribution in [0.4, 0.5) is 11.6 Å². The zero-order valence-electron chi connectivity index (χ0n) is 21.5. The largest absolute Gasteiger partial charge is 0.481 e. The Morgan fingerprint density at radius 3 is 2.53 bits per heavy atom. The van der Waals surface area contributed by atoms with E-state index >= 15 is 0 Å². The quantitative estimate of drug-likeness (QED) is 0.380. The van der Waals surface area contributed by atoms with Gasteiger partial charge in [0, 0.05) is 18.2 Å². The molecule has 1 aromatic heterocycles. The number of fused-ring (bicyclic) bond motifs is 1. The summed E-state index contributed by atoms with van der Waals surface area (Å²) >= 11 is 0. The van der Waals surface area contributed by atoms with Crippen molar-refractivity contribution in [2.45, 2.75) is 85.6 Å². The molecule has 1 saturated carbocycles. The molecule has 1 heterocycles. The van der Waals surface area contributed by atoms with Crippen molar-refractivity contribution in [2.24, 2.45) is 11.3 Å². The van der Waals surface area contributed by atoms with E-state index in [9.17, 15) is 4.79 Å². The number of carboxylic acid groups (broad SMARTS) is 1. The van der Waals surface area contributed by atoms with Crippen LogP contribution >= 0.6 is 0 Å². The summed E-state index contributed by atoms with van der Waals surface area (Å²) in [6, 6.07) is 13.3. The Balaban J connectivity index is 1.78. The van der Waals surface area contributed by atoms with Gasteiger partial charge in [-0.05, 0) is 90.8 Å². The van der Waals surface area contributed by atoms with Gasteiger partial charge in [0.2, 0.25) is 5.95 Å². The fourth-order valence-electron chi connectivity index (χ4n) is 5.83. The molecule has 4 rings (SSSR count). The Morgan fingerprint density at radius 2 is 1.91 bits per heavy atom. The molecule has 1 fully saturated rings. The first-order valence-electron chi connectivity index (χ1n) is 12.6. The summed E-state index contributed by atoms with van der Waals surface area (Å²) < 4.78 is 2.41. The molecule has 2 N–H and O–H groups in total. The van der Waals surface area contributed by atoms with Crippen molar-refractivity contribution in [3.8, 4) is 0 Å². The van der Waals surface area contributed by atoms with E-state index in [2.05, 4.69) is 87.8 Å². The molecule has 0 saturated heterocycles. The van der Waals surface area contributed by atoms with Crippen molar-refractivity contribution in [3.63, 3.8) is 0 Å². The van der Waals surface area contributed by atoms with Gasteiger partial charge in [-0.3, -0.25) is 4.79 Å². The molecular formula is C29H39N3O2. The summed E-state index contributed by atoms with van der Waals surface area (Å²) in [4.78, 5) is 16.2. The normalized spacial score (nSPS) is 20.1. The maximum absolute atomic E-state index is 11.1. The van der Waals surface area contributed by atoms with Crippen LogP contribution in [0.2, 0.25) is 0 Å². The lowest BCUT2D eigenvalue weighted by Crippen LogP contribution is -2.29. The monoisotopic (exact) mass is 461 g/mol. The van der Waals surface area contributed by atoms with Crippen molar-refractivity contribution in [1.29, 1.82) is 0 Å². The Hall–Kier alpha value is -2.82. The minimum absolute atomic E-state index is 0.134. The van der Waals surface area contributed by atoms with E-state index in [0.29, 0.717) is 24.3 Å². The molecule has 2 aromatic carbocycles. The first-order chi connectivity index (χ1) is 16.0. The summed E-state index contributed by atoms with van der Waals surface area (Å²) in [5.74, 6) is 1.25. The van der Waals surface area contributed by atoms with Gasteiger partial charge in [-0.25, -0.2) is 4.98 Å². The second-order valence-electron chi connectivity index (χ2n) is 11.4. The van der Waals surface area contributed by atoms with Crippen molar-refractivity contribution in [3.05, 3.63) is 53.1 Å². The molecule has 0 bridgehead atoms. The second kappa shape index (κ2) is 9.44. The molecule has 1 aliphatic rings. The van der Waals surface area contributed by atoms with Crippen LogP contribution in [0.3, 0.4) is 0 Å². The minimum Gasteiger partial charge on any atom is -0.481 e. The average Bonchev–Trinajstić information content (AvgIpc) is 3.07. The number of hydrogen-bond acceptors (Lipinski definition) is 3. The third-order valence-electron chi connectivity index (χ3n) is 7.32. The van der Waals surface area contributed by atoms with E-state index in [1.807, 2.05) is 0 Å². The zero-order valence-corrected chi connectivity index (χ0v) is 21.5. The number of carbonyl (C=O) groups is 1. The first-order valence-corrected chi connectivity index (χ1v) is 12.6. The van der Waals surface area contributed by atoms with Crippen LogP contribution in [-0.4, -0.2) is 20.6 Å². The number of imidazole rings is 1. The topological polar surface area (TPSA) is 67.2 Å². The number of rotatable bonds is 7. The zero-order chi connectivity index (χ0) is 24.6. The molecule has 0 amide bonds. The van der Waals surface area contributed by atoms with Gasteiger partial charge in [0.15, 0.2) is 0 Å². The van der Waals surface area contributed by atoms with Gasteiger partial charge >= 0.3 is 5.97 Å². The van der Waals surface area contributed by atoms with Crippen LogP contribution in [0.5, 0.6) is 0 Å². The van der Waals surface area contributed by atoms with E-state index in [1.165, 1.54) is 12.0 Å². The maximum atomic E-state index is 11.1. The van der Waals surface area contributed by atoms with Gasteiger partial charge in [-0.15, -0.1) is 0 Å². The van der Waals surface area contributed by atoms with Crippen molar-refractivity contribution in [2.75, 3.05) is 5.32 Å². The third-order valence-corrected chi connectivity index (χ3v) is 7.32. The number of nitrogens with zero attached hydrogens (tertiary/aromatic N) is 2. The summed E-state index contributed by atoms with van der Waals surface area (Å²) in [6.07, 6.45) is 4.15. The molecule has 5 nitrogen and oxygen atoms in total. The number of carboxylic acids is 1. The van der Waals surface area contributed by atoms with Gasteiger partial charge in [-0.1, -0.05) is 46.8 Å². The maximum Gasteiger partial charge on any atom is 0.303 e. The lowest BCUT2D eigenvalue weighted by atomic mass is 9.70. The Morgan fingerprint density at radius 1 is 1.21 bits per heavy atom. The predicted octanol–water partition coefficient (Wildman–Crippen LogP) is 7.62. The van der Waals surface area contributed by atoms with Gasteiger partial charge in [0.1, 0.15) is 0 Å². The molecule has 0 radical (unpaired) electrons. The molecule has 2 atom stereocenters. The van der Waals surface area contributed by atoms with Crippen LogP contribution in [0, 0.1) is 18.3 Å². The van der Waals surface area contributed by atoms with Crippen LogP contribution in [0.25, 0.3) is 11.0 Å². The molecule has 0 aliphatic heterocycles. The fraction of sp³-hybridized carbons (Fsp3) is 0.517. The van der Waals surface area contributed by atoms with Crippen LogP contribution in [-0.2, 0) is 11.2 Å².